The molecule has 2 saturated carbocycles. The molecule has 0 saturated heterocycles. The van der Waals surface area contributed by atoms with Gasteiger partial charge in [0.15, 0.2) is 0 Å². The van der Waals surface area contributed by atoms with Crippen LogP contribution in [0.15, 0.2) is 18.3 Å². The van der Waals surface area contributed by atoms with Crippen LogP contribution >= 0.6 is 11.6 Å². The minimum atomic E-state index is 0.670. The van der Waals surface area contributed by atoms with Crippen molar-refractivity contribution in [3.8, 4) is 0 Å². The molecule has 0 aliphatic heterocycles. The molecule has 0 amide bonds. The molecule has 3 heteroatoms. The van der Waals surface area contributed by atoms with Crippen molar-refractivity contribution in [1.29, 1.82) is 0 Å². The fraction of sp³-hybridized carbons (Fsp3) is 0.643. The predicted molar refractivity (Wildman–Crippen MR) is 70.0 cm³/mol. The fourth-order valence-corrected chi connectivity index (χ4v) is 2.49. The summed E-state index contributed by atoms with van der Waals surface area (Å²) < 4.78 is 0. The highest BCUT2D eigenvalue weighted by Crippen LogP contribution is 2.34. The molecule has 0 atom stereocenters. The van der Waals surface area contributed by atoms with Crippen molar-refractivity contribution in [3.63, 3.8) is 0 Å². The molecule has 92 valence electrons. The molecule has 0 aromatic carbocycles. The van der Waals surface area contributed by atoms with E-state index in [0.29, 0.717) is 5.15 Å². The maximum atomic E-state index is 6.13. The highest BCUT2D eigenvalue weighted by atomic mass is 35.5. The molecule has 2 aliphatic carbocycles. The van der Waals surface area contributed by atoms with E-state index in [-0.39, 0.29) is 0 Å². The van der Waals surface area contributed by atoms with Gasteiger partial charge in [-0.3, -0.25) is 4.90 Å². The van der Waals surface area contributed by atoms with Crippen LogP contribution in [-0.2, 0) is 6.54 Å². The Morgan fingerprint density at radius 1 is 1.18 bits per heavy atom. The minimum absolute atomic E-state index is 0.670. The molecule has 17 heavy (non-hydrogen) atoms. The SMILES string of the molecule is Clc1ncccc1CN(CC1CC1)CC1CC1. The number of aromatic nitrogens is 1. The summed E-state index contributed by atoms with van der Waals surface area (Å²) in [6, 6.07) is 4.08. The quantitative estimate of drug-likeness (QED) is 0.720. The highest BCUT2D eigenvalue weighted by Gasteiger charge is 2.29. The molecule has 0 unspecified atom stereocenters. The topological polar surface area (TPSA) is 16.1 Å². The average molecular weight is 251 g/mol. The second-order valence-corrected chi connectivity index (χ2v) is 5.89. The first-order valence-corrected chi connectivity index (χ1v) is 7.01. The van der Waals surface area contributed by atoms with Gasteiger partial charge in [-0.1, -0.05) is 17.7 Å². The summed E-state index contributed by atoms with van der Waals surface area (Å²) in [6.07, 6.45) is 7.44. The number of nitrogens with zero attached hydrogens (tertiary/aromatic N) is 2. The third-order valence-corrected chi connectivity index (χ3v) is 4.00. The number of halogens is 1. The minimum Gasteiger partial charge on any atom is -0.298 e. The lowest BCUT2D eigenvalue weighted by Crippen LogP contribution is -2.28. The van der Waals surface area contributed by atoms with Gasteiger partial charge in [0.05, 0.1) is 0 Å². The van der Waals surface area contributed by atoms with Crippen LogP contribution in [0.25, 0.3) is 0 Å². The Bertz CT molecular complexity index is 372. The largest absolute Gasteiger partial charge is 0.298 e. The zero-order chi connectivity index (χ0) is 11.7. The Morgan fingerprint density at radius 2 is 1.82 bits per heavy atom. The second kappa shape index (κ2) is 4.95. The van der Waals surface area contributed by atoms with Crippen LogP contribution in [0.4, 0.5) is 0 Å². The zero-order valence-corrected chi connectivity index (χ0v) is 10.9. The molecule has 2 nitrogen and oxygen atoms in total. The van der Waals surface area contributed by atoms with Crippen LogP contribution in [-0.4, -0.2) is 23.0 Å². The van der Waals surface area contributed by atoms with Crippen LogP contribution in [0.3, 0.4) is 0 Å². The number of hydrogen-bond donors (Lipinski definition) is 0. The van der Waals surface area contributed by atoms with E-state index in [1.54, 1.807) is 6.20 Å². The zero-order valence-electron chi connectivity index (χ0n) is 10.1. The third kappa shape index (κ3) is 3.43. The van der Waals surface area contributed by atoms with E-state index in [4.69, 9.17) is 11.6 Å². The van der Waals surface area contributed by atoms with E-state index in [2.05, 4.69) is 16.0 Å². The number of pyridine rings is 1. The van der Waals surface area contributed by atoms with Gasteiger partial charge in [0.1, 0.15) is 5.15 Å². The van der Waals surface area contributed by atoms with Gasteiger partial charge >= 0.3 is 0 Å². The molecule has 2 fully saturated rings. The Morgan fingerprint density at radius 3 is 2.35 bits per heavy atom. The highest BCUT2D eigenvalue weighted by molar-refractivity contribution is 6.30. The summed E-state index contributed by atoms with van der Waals surface area (Å²) in [4.78, 5) is 6.74. The van der Waals surface area contributed by atoms with Gasteiger partial charge in [0.25, 0.3) is 0 Å². The summed E-state index contributed by atoms with van der Waals surface area (Å²) >= 11 is 6.13. The molecule has 1 heterocycles. The van der Waals surface area contributed by atoms with Gasteiger partial charge in [0, 0.05) is 31.4 Å². The van der Waals surface area contributed by atoms with Gasteiger partial charge in [0.2, 0.25) is 0 Å². The molecule has 3 rings (SSSR count). The molecular weight excluding hydrogens is 232 g/mol. The van der Waals surface area contributed by atoms with Crippen molar-refractivity contribution in [2.75, 3.05) is 13.1 Å². The van der Waals surface area contributed by atoms with Crippen molar-refractivity contribution >= 4 is 11.6 Å². The molecule has 2 aliphatic rings. The van der Waals surface area contributed by atoms with Crippen LogP contribution in [0.1, 0.15) is 31.2 Å². The van der Waals surface area contributed by atoms with Crippen molar-refractivity contribution < 1.29 is 0 Å². The van der Waals surface area contributed by atoms with Crippen LogP contribution in [0.5, 0.6) is 0 Å². The monoisotopic (exact) mass is 250 g/mol. The van der Waals surface area contributed by atoms with E-state index in [1.807, 2.05) is 6.07 Å². The maximum Gasteiger partial charge on any atom is 0.133 e. The van der Waals surface area contributed by atoms with Gasteiger partial charge in [-0.05, 0) is 43.6 Å². The number of hydrogen-bond acceptors (Lipinski definition) is 2. The van der Waals surface area contributed by atoms with Gasteiger partial charge in [-0.25, -0.2) is 4.98 Å². The smallest absolute Gasteiger partial charge is 0.133 e. The first-order chi connectivity index (χ1) is 8.31. The summed E-state index contributed by atoms with van der Waals surface area (Å²) in [7, 11) is 0. The maximum absolute atomic E-state index is 6.13. The number of rotatable bonds is 6. The van der Waals surface area contributed by atoms with Crippen molar-refractivity contribution in [2.45, 2.75) is 32.2 Å². The molecule has 1 aromatic heterocycles. The van der Waals surface area contributed by atoms with E-state index in [0.717, 1.165) is 18.4 Å². The van der Waals surface area contributed by atoms with E-state index < -0.39 is 0 Å². The Labute approximate surface area is 108 Å². The lowest BCUT2D eigenvalue weighted by Gasteiger charge is -2.22. The first-order valence-electron chi connectivity index (χ1n) is 6.63. The van der Waals surface area contributed by atoms with Crippen LogP contribution < -0.4 is 0 Å². The van der Waals surface area contributed by atoms with Crippen molar-refractivity contribution in [2.24, 2.45) is 11.8 Å². The van der Waals surface area contributed by atoms with E-state index >= 15 is 0 Å². The van der Waals surface area contributed by atoms with E-state index in [1.165, 1.54) is 44.3 Å². The summed E-state index contributed by atoms with van der Waals surface area (Å²) in [5, 5.41) is 0.670. The molecule has 1 aromatic rings. The van der Waals surface area contributed by atoms with Gasteiger partial charge in [-0.15, -0.1) is 0 Å². The first kappa shape index (κ1) is 11.5. The van der Waals surface area contributed by atoms with Gasteiger partial charge in [-0.2, -0.15) is 0 Å². The summed E-state index contributed by atoms with van der Waals surface area (Å²) in [5.74, 6) is 1.90. The molecule has 0 N–H and O–H groups in total. The lowest BCUT2D eigenvalue weighted by molar-refractivity contribution is 0.244. The molecular formula is C14H19ClN2. The average Bonchev–Trinajstić information content (AvgIpc) is 3.17. The Kier molecular flexibility index (Phi) is 3.34. The molecule has 0 bridgehead atoms. The lowest BCUT2D eigenvalue weighted by atomic mass is 10.2. The Hall–Kier alpha value is -0.600. The second-order valence-electron chi connectivity index (χ2n) is 5.53. The van der Waals surface area contributed by atoms with E-state index in [9.17, 15) is 0 Å². The van der Waals surface area contributed by atoms with Crippen LogP contribution in [0.2, 0.25) is 5.15 Å². The molecule has 0 spiro atoms. The summed E-state index contributed by atoms with van der Waals surface area (Å²) in [5.41, 5.74) is 1.18. The fourth-order valence-electron chi connectivity index (χ4n) is 2.31. The van der Waals surface area contributed by atoms with Crippen molar-refractivity contribution in [3.05, 3.63) is 29.0 Å². The normalized spacial score (nSPS) is 19.9. The Balaban J connectivity index is 1.63. The standard InChI is InChI=1S/C14H19ClN2/c15-14-13(2-1-7-16-14)10-17(8-11-3-4-11)9-12-5-6-12/h1-2,7,11-12H,3-6,8-10H2. The van der Waals surface area contributed by atoms with Gasteiger partial charge < -0.3 is 0 Å². The predicted octanol–water partition coefficient (Wildman–Crippen LogP) is 3.36. The summed E-state index contributed by atoms with van der Waals surface area (Å²) in [6.45, 7) is 3.48. The third-order valence-electron chi connectivity index (χ3n) is 3.66. The molecule has 0 radical (unpaired) electrons. The van der Waals surface area contributed by atoms with Crippen molar-refractivity contribution in [1.82, 2.24) is 9.88 Å². The van der Waals surface area contributed by atoms with Crippen LogP contribution in [0, 0.1) is 11.8 Å².